The molecule has 37 heavy (non-hydrogen) atoms. The van der Waals surface area contributed by atoms with Crippen LogP contribution < -0.4 is 10.2 Å². The largest absolute Gasteiger partial charge is 0.383 e. The lowest BCUT2D eigenvalue weighted by Crippen LogP contribution is -2.32. The highest BCUT2D eigenvalue weighted by Gasteiger charge is 2.16. The van der Waals surface area contributed by atoms with E-state index in [0.717, 1.165) is 80.5 Å². The van der Waals surface area contributed by atoms with Crippen molar-refractivity contribution in [3.05, 3.63) is 67.3 Å². The topological polar surface area (TPSA) is 84.2 Å². The minimum atomic E-state index is 0.551. The zero-order valence-electron chi connectivity index (χ0n) is 21.5. The molecule has 0 atom stereocenters. The number of aryl methyl sites for hydroxylation is 1. The van der Waals surface area contributed by atoms with Crippen LogP contribution in [0.3, 0.4) is 0 Å². The van der Waals surface area contributed by atoms with Crippen LogP contribution in [0.4, 0.5) is 17.3 Å². The number of anilines is 3. The lowest BCUT2D eigenvalue weighted by Gasteiger charge is -2.23. The molecular weight excluding hydrogens is 464 g/mol. The number of aromatic nitrogens is 5. The van der Waals surface area contributed by atoms with Gasteiger partial charge in [0, 0.05) is 87.1 Å². The minimum absolute atomic E-state index is 0.551. The highest BCUT2D eigenvalue weighted by molar-refractivity contribution is 5.78. The van der Waals surface area contributed by atoms with Crippen LogP contribution >= 0.6 is 0 Å². The Morgan fingerprint density at radius 2 is 1.89 bits per heavy atom. The molecule has 0 saturated carbocycles. The van der Waals surface area contributed by atoms with Gasteiger partial charge in [0.25, 0.3) is 0 Å². The lowest BCUT2D eigenvalue weighted by molar-refractivity contribution is 0.152. The summed E-state index contributed by atoms with van der Waals surface area (Å²) in [5.41, 5.74) is 5.79. The minimum Gasteiger partial charge on any atom is -0.383 e. The van der Waals surface area contributed by atoms with Gasteiger partial charge in [0.1, 0.15) is 5.69 Å². The van der Waals surface area contributed by atoms with Crippen molar-refractivity contribution in [1.29, 1.82) is 0 Å². The van der Waals surface area contributed by atoms with Crippen LogP contribution in [0.5, 0.6) is 0 Å². The SMILES string of the molecule is CCn1cc(-c2ccnc(Nc3ccc(N4CCCN(CCOC)CC4)cc3)n2)c(-c2cccnc2)n1. The van der Waals surface area contributed by atoms with Crippen LogP contribution in [0.15, 0.2) is 67.3 Å². The summed E-state index contributed by atoms with van der Waals surface area (Å²) in [6.07, 6.45) is 8.56. The fourth-order valence-electron chi connectivity index (χ4n) is 4.61. The fourth-order valence-corrected chi connectivity index (χ4v) is 4.61. The monoisotopic (exact) mass is 498 g/mol. The van der Waals surface area contributed by atoms with Gasteiger partial charge in [-0.1, -0.05) is 0 Å². The first-order valence-electron chi connectivity index (χ1n) is 12.9. The van der Waals surface area contributed by atoms with Crippen molar-refractivity contribution in [1.82, 2.24) is 29.6 Å². The predicted octanol–water partition coefficient (Wildman–Crippen LogP) is 4.32. The highest BCUT2D eigenvalue weighted by Crippen LogP contribution is 2.30. The van der Waals surface area contributed by atoms with Gasteiger partial charge in [-0.05, 0) is 62.4 Å². The Hall–Kier alpha value is -3.82. The second-order valence-corrected chi connectivity index (χ2v) is 9.10. The number of hydrogen-bond donors (Lipinski definition) is 1. The number of nitrogens with zero attached hydrogens (tertiary/aromatic N) is 7. The molecule has 4 aromatic rings. The maximum Gasteiger partial charge on any atom is 0.227 e. The summed E-state index contributed by atoms with van der Waals surface area (Å²) in [6.45, 7) is 8.89. The van der Waals surface area contributed by atoms with Crippen molar-refractivity contribution in [3.63, 3.8) is 0 Å². The normalized spacial score (nSPS) is 14.5. The molecule has 0 amide bonds. The Morgan fingerprint density at radius 3 is 2.68 bits per heavy atom. The van der Waals surface area contributed by atoms with Crippen molar-refractivity contribution >= 4 is 17.3 Å². The molecule has 1 aromatic carbocycles. The van der Waals surface area contributed by atoms with Crippen LogP contribution in [0.2, 0.25) is 0 Å². The van der Waals surface area contributed by atoms with Gasteiger partial charge in [-0.15, -0.1) is 0 Å². The van der Waals surface area contributed by atoms with Crippen molar-refractivity contribution in [2.75, 3.05) is 56.7 Å². The summed E-state index contributed by atoms with van der Waals surface area (Å²) in [6, 6.07) is 14.4. The van der Waals surface area contributed by atoms with E-state index in [4.69, 9.17) is 14.8 Å². The predicted molar refractivity (Wildman–Crippen MR) is 147 cm³/mol. The zero-order chi connectivity index (χ0) is 25.5. The molecule has 0 aliphatic carbocycles. The van der Waals surface area contributed by atoms with Crippen LogP contribution in [0.25, 0.3) is 22.5 Å². The molecule has 0 bridgehead atoms. The maximum absolute atomic E-state index is 5.24. The number of methoxy groups -OCH3 is 1. The van der Waals surface area contributed by atoms with Gasteiger partial charge in [-0.25, -0.2) is 9.97 Å². The van der Waals surface area contributed by atoms with E-state index in [1.165, 1.54) is 5.69 Å². The third-order valence-corrected chi connectivity index (χ3v) is 6.64. The Labute approximate surface area is 218 Å². The number of ether oxygens (including phenoxy) is 1. The Bertz CT molecular complexity index is 1280. The molecule has 1 N–H and O–H groups in total. The summed E-state index contributed by atoms with van der Waals surface area (Å²) < 4.78 is 7.17. The van der Waals surface area contributed by atoms with E-state index in [1.54, 1.807) is 19.5 Å². The molecule has 5 rings (SSSR count). The molecular formula is C28H34N8O. The summed E-state index contributed by atoms with van der Waals surface area (Å²) in [5, 5.41) is 8.12. The number of nitrogens with one attached hydrogen (secondary N) is 1. The van der Waals surface area contributed by atoms with Gasteiger partial charge in [-0.3, -0.25) is 14.6 Å². The second-order valence-electron chi connectivity index (χ2n) is 9.10. The smallest absolute Gasteiger partial charge is 0.227 e. The van der Waals surface area contributed by atoms with E-state index in [0.29, 0.717) is 5.95 Å². The number of benzene rings is 1. The van der Waals surface area contributed by atoms with Gasteiger partial charge in [-0.2, -0.15) is 5.10 Å². The van der Waals surface area contributed by atoms with Crippen molar-refractivity contribution < 1.29 is 4.74 Å². The molecule has 4 heterocycles. The molecule has 1 aliphatic rings. The number of hydrogen-bond acceptors (Lipinski definition) is 8. The first-order chi connectivity index (χ1) is 18.2. The standard InChI is InChI=1S/C28H34N8O/c1-3-36-21-25(27(33-36)22-6-4-12-29-20-22)26-11-13-30-28(32-26)31-23-7-9-24(10-8-23)35-15-5-14-34(16-17-35)18-19-37-2/h4,6-13,20-21H,3,5,14-19H2,1-2H3,(H,30,31,32). The zero-order valence-corrected chi connectivity index (χ0v) is 21.5. The highest BCUT2D eigenvalue weighted by atomic mass is 16.5. The van der Waals surface area contributed by atoms with Gasteiger partial charge < -0.3 is 15.0 Å². The molecule has 1 fully saturated rings. The van der Waals surface area contributed by atoms with Gasteiger partial charge in [0.05, 0.1) is 12.3 Å². The van der Waals surface area contributed by atoms with E-state index >= 15 is 0 Å². The molecule has 0 radical (unpaired) electrons. The molecule has 0 unspecified atom stereocenters. The lowest BCUT2D eigenvalue weighted by atomic mass is 10.1. The summed E-state index contributed by atoms with van der Waals surface area (Å²) in [5.74, 6) is 0.551. The Morgan fingerprint density at radius 1 is 1.00 bits per heavy atom. The Balaban J connectivity index is 1.29. The first kappa shape index (κ1) is 24.9. The molecule has 0 spiro atoms. The summed E-state index contributed by atoms with van der Waals surface area (Å²) in [4.78, 5) is 18.5. The van der Waals surface area contributed by atoms with Crippen LogP contribution in [0.1, 0.15) is 13.3 Å². The average Bonchev–Trinajstić information content (AvgIpc) is 3.25. The van der Waals surface area contributed by atoms with Gasteiger partial charge in [0.15, 0.2) is 0 Å². The van der Waals surface area contributed by atoms with Crippen molar-refractivity contribution in [2.24, 2.45) is 0 Å². The van der Waals surface area contributed by atoms with Crippen LogP contribution in [0, 0.1) is 0 Å². The number of rotatable bonds is 9. The fraction of sp³-hybridized carbons (Fsp3) is 0.357. The molecule has 9 heteroatoms. The summed E-state index contributed by atoms with van der Waals surface area (Å²) >= 11 is 0. The Kier molecular flexibility index (Phi) is 8.02. The molecule has 3 aromatic heterocycles. The second kappa shape index (κ2) is 11.9. The van der Waals surface area contributed by atoms with E-state index in [1.807, 2.05) is 35.3 Å². The summed E-state index contributed by atoms with van der Waals surface area (Å²) in [7, 11) is 1.76. The van der Waals surface area contributed by atoms with E-state index in [2.05, 4.69) is 56.3 Å². The van der Waals surface area contributed by atoms with Crippen molar-refractivity contribution in [2.45, 2.75) is 19.9 Å². The van der Waals surface area contributed by atoms with Gasteiger partial charge in [0.2, 0.25) is 5.95 Å². The van der Waals surface area contributed by atoms with Crippen LogP contribution in [-0.2, 0) is 11.3 Å². The molecule has 1 saturated heterocycles. The quantitative estimate of drug-likeness (QED) is 0.365. The average molecular weight is 499 g/mol. The van der Waals surface area contributed by atoms with Crippen molar-refractivity contribution in [3.8, 4) is 22.5 Å². The first-order valence-corrected chi connectivity index (χ1v) is 12.9. The molecule has 192 valence electrons. The third kappa shape index (κ3) is 6.12. The van der Waals surface area contributed by atoms with E-state index in [-0.39, 0.29) is 0 Å². The van der Waals surface area contributed by atoms with E-state index < -0.39 is 0 Å². The molecule has 9 nitrogen and oxygen atoms in total. The number of pyridine rings is 1. The third-order valence-electron chi connectivity index (χ3n) is 6.64. The van der Waals surface area contributed by atoms with Gasteiger partial charge >= 0.3 is 0 Å². The molecule has 1 aliphatic heterocycles. The maximum atomic E-state index is 5.24. The van der Waals surface area contributed by atoms with Crippen LogP contribution in [-0.4, -0.2) is 76.1 Å². The van der Waals surface area contributed by atoms with E-state index in [9.17, 15) is 0 Å².